The molecule has 108 valence electrons. The summed E-state index contributed by atoms with van der Waals surface area (Å²) >= 11 is 5.98. The number of carbonyl (C=O) groups is 1. The van der Waals surface area contributed by atoms with E-state index in [1.807, 2.05) is 18.2 Å². The summed E-state index contributed by atoms with van der Waals surface area (Å²) in [6, 6.07) is 19.8. The second-order valence-corrected chi connectivity index (χ2v) is 5.33. The van der Waals surface area contributed by atoms with Crippen LogP contribution in [0.15, 0.2) is 54.6 Å². The second-order valence-electron chi connectivity index (χ2n) is 4.89. The van der Waals surface area contributed by atoms with Gasteiger partial charge < -0.3 is 0 Å². The third-order valence-electron chi connectivity index (χ3n) is 3.46. The van der Waals surface area contributed by atoms with E-state index in [4.69, 9.17) is 11.6 Å². The van der Waals surface area contributed by atoms with Crippen LogP contribution in [0, 0.1) is 28.6 Å². The van der Waals surface area contributed by atoms with Crippen LogP contribution in [0.5, 0.6) is 0 Å². The Balaban J connectivity index is 2.32. The van der Waals surface area contributed by atoms with Crippen LogP contribution >= 0.6 is 11.6 Å². The van der Waals surface area contributed by atoms with E-state index in [9.17, 15) is 15.3 Å². The van der Waals surface area contributed by atoms with Crippen molar-refractivity contribution >= 4 is 17.4 Å². The zero-order chi connectivity index (χ0) is 15.9. The Morgan fingerprint density at radius 1 is 1.05 bits per heavy atom. The van der Waals surface area contributed by atoms with Crippen LogP contribution in [0.25, 0.3) is 0 Å². The molecule has 0 amide bonds. The van der Waals surface area contributed by atoms with Gasteiger partial charge in [-0.2, -0.15) is 10.5 Å². The molecule has 3 nitrogen and oxygen atoms in total. The van der Waals surface area contributed by atoms with Crippen molar-refractivity contribution in [3.63, 3.8) is 0 Å². The summed E-state index contributed by atoms with van der Waals surface area (Å²) in [5.74, 6) is -1.49. The molecule has 2 aromatic carbocycles. The first kappa shape index (κ1) is 15.8. The molecular formula is C18H13ClN2O. The lowest BCUT2D eigenvalue weighted by molar-refractivity contribution is 0.0971. The average Bonchev–Trinajstić information content (AvgIpc) is 2.55. The molecule has 0 aromatic heterocycles. The van der Waals surface area contributed by atoms with Gasteiger partial charge in [0.15, 0.2) is 5.78 Å². The number of rotatable bonds is 5. The molecule has 0 aliphatic heterocycles. The van der Waals surface area contributed by atoms with Crippen molar-refractivity contribution in [1.29, 1.82) is 10.5 Å². The largest absolute Gasteiger partial charge is 0.294 e. The van der Waals surface area contributed by atoms with Gasteiger partial charge >= 0.3 is 0 Å². The number of nitriles is 2. The Kier molecular flexibility index (Phi) is 5.31. The summed E-state index contributed by atoms with van der Waals surface area (Å²) in [5.41, 5.74) is 1.30. The molecule has 1 unspecified atom stereocenters. The van der Waals surface area contributed by atoms with E-state index in [2.05, 4.69) is 0 Å². The Morgan fingerprint density at radius 2 is 1.73 bits per heavy atom. The summed E-state index contributed by atoms with van der Waals surface area (Å²) in [5, 5.41) is 18.9. The molecule has 1 atom stereocenters. The minimum atomic E-state index is -0.897. The van der Waals surface area contributed by atoms with E-state index < -0.39 is 11.8 Å². The number of ketones is 1. The Morgan fingerprint density at radius 3 is 2.32 bits per heavy atom. The van der Waals surface area contributed by atoms with E-state index in [1.165, 1.54) is 0 Å². The maximum Gasteiger partial charge on any atom is 0.163 e. The van der Waals surface area contributed by atoms with Crippen LogP contribution in [0.4, 0.5) is 0 Å². The highest BCUT2D eigenvalue weighted by Crippen LogP contribution is 2.30. The highest BCUT2D eigenvalue weighted by atomic mass is 35.5. The number of Topliss-reactive ketones (excluding diaryl/α,β-unsaturated/α-hetero) is 1. The molecule has 0 saturated heterocycles. The Labute approximate surface area is 134 Å². The molecule has 22 heavy (non-hydrogen) atoms. The van der Waals surface area contributed by atoms with E-state index in [0.717, 1.165) is 5.56 Å². The van der Waals surface area contributed by atoms with Crippen LogP contribution in [0.1, 0.15) is 28.3 Å². The number of hydrogen-bond acceptors (Lipinski definition) is 3. The van der Waals surface area contributed by atoms with Gasteiger partial charge in [-0.1, -0.05) is 54.1 Å². The van der Waals surface area contributed by atoms with Crippen molar-refractivity contribution in [2.45, 2.75) is 12.3 Å². The summed E-state index contributed by atoms with van der Waals surface area (Å²) in [6.07, 6.45) is 0.0934. The fraction of sp³-hybridized carbons (Fsp3) is 0.167. The van der Waals surface area contributed by atoms with E-state index in [0.29, 0.717) is 10.6 Å². The first-order valence-corrected chi connectivity index (χ1v) is 7.16. The van der Waals surface area contributed by atoms with Crippen molar-refractivity contribution in [2.75, 3.05) is 0 Å². The molecule has 2 aromatic rings. The predicted molar refractivity (Wildman–Crippen MR) is 84.3 cm³/mol. The third kappa shape index (κ3) is 3.73. The summed E-state index contributed by atoms with van der Waals surface area (Å²) < 4.78 is 0. The van der Waals surface area contributed by atoms with Gasteiger partial charge in [-0.3, -0.25) is 4.79 Å². The Hall–Kier alpha value is -2.62. The molecule has 0 radical (unpaired) electrons. The van der Waals surface area contributed by atoms with Crippen LogP contribution in [-0.4, -0.2) is 5.78 Å². The normalized spacial score (nSPS) is 11.5. The lowest BCUT2D eigenvalue weighted by atomic mass is 9.83. The molecule has 0 fully saturated rings. The smallest absolute Gasteiger partial charge is 0.163 e. The standard InChI is InChI=1S/C18H13ClN2O/c19-16-8-4-7-14(9-16)17(15(11-20)12-21)10-18(22)13-5-2-1-3-6-13/h1-9,15,17H,10H2. The van der Waals surface area contributed by atoms with Crippen LogP contribution < -0.4 is 0 Å². The lowest BCUT2D eigenvalue weighted by Gasteiger charge is -2.17. The average molecular weight is 309 g/mol. The minimum Gasteiger partial charge on any atom is -0.294 e. The van der Waals surface area contributed by atoms with Gasteiger partial charge in [0, 0.05) is 22.9 Å². The van der Waals surface area contributed by atoms with Crippen LogP contribution in [-0.2, 0) is 0 Å². The first-order chi connectivity index (χ1) is 10.7. The molecule has 0 aliphatic rings. The van der Waals surface area contributed by atoms with E-state index in [1.54, 1.807) is 48.5 Å². The molecule has 0 saturated carbocycles. The third-order valence-corrected chi connectivity index (χ3v) is 3.69. The highest BCUT2D eigenvalue weighted by molar-refractivity contribution is 6.30. The summed E-state index contributed by atoms with van der Waals surface area (Å²) in [7, 11) is 0. The fourth-order valence-electron chi connectivity index (χ4n) is 2.32. The van der Waals surface area contributed by atoms with Gasteiger partial charge in [0.2, 0.25) is 0 Å². The molecular weight excluding hydrogens is 296 g/mol. The zero-order valence-corrected chi connectivity index (χ0v) is 12.5. The van der Waals surface area contributed by atoms with Gasteiger partial charge in [-0.05, 0) is 17.7 Å². The van der Waals surface area contributed by atoms with Gasteiger partial charge in [-0.15, -0.1) is 0 Å². The number of hydrogen-bond donors (Lipinski definition) is 0. The summed E-state index contributed by atoms with van der Waals surface area (Å²) in [4.78, 5) is 12.4. The highest BCUT2D eigenvalue weighted by Gasteiger charge is 2.26. The molecule has 2 rings (SSSR count). The van der Waals surface area contributed by atoms with Crippen molar-refractivity contribution in [3.05, 3.63) is 70.7 Å². The first-order valence-electron chi connectivity index (χ1n) is 6.78. The van der Waals surface area contributed by atoms with Crippen LogP contribution in [0.2, 0.25) is 5.02 Å². The Bertz CT molecular complexity index is 730. The van der Waals surface area contributed by atoms with Crippen LogP contribution in [0.3, 0.4) is 0 Å². The van der Waals surface area contributed by atoms with Crippen molar-refractivity contribution in [3.8, 4) is 12.1 Å². The minimum absolute atomic E-state index is 0.0934. The SMILES string of the molecule is N#CC(C#N)C(CC(=O)c1ccccc1)c1cccc(Cl)c1. The molecule has 0 bridgehead atoms. The quantitative estimate of drug-likeness (QED) is 0.771. The number of halogens is 1. The molecule has 0 N–H and O–H groups in total. The van der Waals surface area contributed by atoms with E-state index in [-0.39, 0.29) is 12.2 Å². The zero-order valence-electron chi connectivity index (χ0n) is 11.7. The van der Waals surface area contributed by atoms with Gasteiger partial charge in [0.25, 0.3) is 0 Å². The summed E-state index contributed by atoms with van der Waals surface area (Å²) in [6.45, 7) is 0. The topological polar surface area (TPSA) is 64.7 Å². The van der Waals surface area contributed by atoms with Gasteiger partial charge in [0.05, 0.1) is 12.1 Å². The molecule has 0 aliphatic carbocycles. The molecule has 0 spiro atoms. The maximum absolute atomic E-state index is 12.4. The fourth-order valence-corrected chi connectivity index (χ4v) is 2.51. The molecule has 4 heteroatoms. The van der Waals surface area contributed by atoms with E-state index >= 15 is 0 Å². The molecule has 0 heterocycles. The number of carbonyl (C=O) groups excluding carboxylic acids is 1. The van der Waals surface area contributed by atoms with Gasteiger partial charge in [-0.25, -0.2) is 0 Å². The predicted octanol–water partition coefficient (Wildman–Crippen LogP) is 4.36. The monoisotopic (exact) mass is 308 g/mol. The second kappa shape index (κ2) is 7.41. The number of nitrogens with zero attached hydrogens (tertiary/aromatic N) is 2. The maximum atomic E-state index is 12.4. The number of benzene rings is 2. The van der Waals surface area contributed by atoms with Crippen molar-refractivity contribution in [1.82, 2.24) is 0 Å². The van der Waals surface area contributed by atoms with Crippen molar-refractivity contribution in [2.24, 2.45) is 5.92 Å². The van der Waals surface area contributed by atoms with Gasteiger partial charge in [0.1, 0.15) is 5.92 Å². The lowest BCUT2D eigenvalue weighted by Crippen LogP contribution is -2.15. The van der Waals surface area contributed by atoms with Crippen molar-refractivity contribution < 1.29 is 4.79 Å².